The molecule has 0 fully saturated rings. The molecule has 1 aromatic rings. The van der Waals surface area contributed by atoms with Crippen LogP contribution in [0.1, 0.15) is 16.1 Å². The summed E-state index contributed by atoms with van der Waals surface area (Å²) in [6.45, 7) is 0.257. The Labute approximate surface area is 97.7 Å². The van der Waals surface area contributed by atoms with Gasteiger partial charge in [0.2, 0.25) is 10.0 Å². The standard InChI is InChI=1S/C8H13N3O3S2/c9-6-2-4-15-7(6)8(12)11-3-1-5-16(10,13)14/h2,4H,1,3,5,9H2,(H,11,12)(H2,10,13,14). The molecule has 0 unspecified atom stereocenters. The molecule has 1 heterocycles. The Hall–Kier alpha value is -1.12. The summed E-state index contributed by atoms with van der Waals surface area (Å²) in [7, 11) is -3.46. The van der Waals surface area contributed by atoms with Crippen LogP contribution in [0.15, 0.2) is 11.4 Å². The third-order valence-electron chi connectivity index (χ3n) is 1.79. The number of hydrogen-bond donors (Lipinski definition) is 3. The average Bonchev–Trinajstić information content (AvgIpc) is 2.57. The first-order chi connectivity index (χ1) is 7.40. The maximum atomic E-state index is 11.5. The fraction of sp³-hybridized carbons (Fsp3) is 0.375. The van der Waals surface area contributed by atoms with Gasteiger partial charge in [-0.15, -0.1) is 11.3 Å². The molecule has 0 aliphatic rings. The van der Waals surface area contributed by atoms with Gasteiger partial charge in [0.15, 0.2) is 0 Å². The molecule has 16 heavy (non-hydrogen) atoms. The lowest BCUT2D eigenvalue weighted by molar-refractivity contribution is 0.0958. The molecule has 6 nitrogen and oxygen atoms in total. The first-order valence-corrected chi connectivity index (χ1v) is 7.11. The van der Waals surface area contributed by atoms with Gasteiger partial charge in [0.1, 0.15) is 4.88 Å². The van der Waals surface area contributed by atoms with Crippen molar-refractivity contribution in [3.05, 3.63) is 16.3 Å². The fourth-order valence-corrected chi connectivity index (χ4v) is 2.34. The largest absolute Gasteiger partial charge is 0.397 e. The van der Waals surface area contributed by atoms with Gasteiger partial charge in [0.25, 0.3) is 5.91 Å². The third-order valence-corrected chi connectivity index (χ3v) is 3.58. The van der Waals surface area contributed by atoms with Gasteiger partial charge in [-0.3, -0.25) is 4.79 Å². The maximum Gasteiger partial charge on any atom is 0.263 e. The number of thiophene rings is 1. The normalized spacial score (nSPS) is 11.3. The second-order valence-corrected chi connectivity index (χ2v) is 5.83. The van der Waals surface area contributed by atoms with E-state index in [2.05, 4.69) is 5.32 Å². The number of nitrogen functional groups attached to an aromatic ring is 1. The summed E-state index contributed by atoms with van der Waals surface area (Å²) in [5, 5.41) is 9.10. The van der Waals surface area contributed by atoms with Crippen molar-refractivity contribution >= 4 is 33.0 Å². The van der Waals surface area contributed by atoms with E-state index in [1.807, 2.05) is 0 Å². The van der Waals surface area contributed by atoms with Crippen LogP contribution in [0.25, 0.3) is 0 Å². The lowest BCUT2D eigenvalue weighted by Gasteiger charge is -2.03. The topological polar surface area (TPSA) is 115 Å². The zero-order chi connectivity index (χ0) is 12.2. The van der Waals surface area contributed by atoms with Crippen LogP contribution in [0.2, 0.25) is 0 Å². The predicted octanol–water partition coefficient (Wildman–Crippen LogP) is -0.261. The fourth-order valence-electron chi connectivity index (χ4n) is 1.06. The highest BCUT2D eigenvalue weighted by molar-refractivity contribution is 7.89. The van der Waals surface area contributed by atoms with Crippen molar-refractivity contribution in [1.82, 2.24) is 5.32 Å². The van der Waals surface area contributed by atoms with Crippen LogP contribution >= 0.6 is 11.3 Å². The number of anilines is 1. The molecule has 1 rings (SSSR count). The minimum atomic E-state index is -3.46. The lowest BCUT2D eigenvalue weighted by atomic mass is 10.3. The zero-order valence-corrected chi connectivity index (χ0v) is 10.1. The van der Waals surface area contributed by atoms with Crippen LogP contribution in [0, 0.1) is 0 Å². The second-order valence-electron chi connectivity index (χ2n) is 3.18. The Morgan fingerprint density at radius 3 is 2.69 bits per heavy atom. The Bertz CT molecular complexity index is 467. The Balaban J connectivity index is 2.35. The summed E-state index contributed by atoms with van der Waals surface area (Å²) in [6.07, 6.45) is 0.288. The Morgan fingerprint density at radius 1 is 1.50 bits per heavy atom. The smallest absolute Gasteiger partial charge is 0.263 e. The van der Waals surface area contributed by atoms with E-state index in [1.165, 1.54) is 11.3 Å². The highest BCUT2D eigenvalue weighted by Crippen LogP contribution is 2.18. The zero-order valence-electron chi connectivity index (χ0n) is 8.47. The predicted molar refractivity (Wildman–Crippen MR) is 63.7 cm³/mol. The molecular formula is C8H13N3O3S2. The molecule has 90 valence electrons. The molecule has 0 radical (unpaired) electrons. The van der Waals surface area contributed by atoms with Gasteiger partial charge >= 0.3 is 0 Å². The van der Waals surface area contributed by atoms with Crippen molar-refractivity contribution in [3.8, 4) is 0 Å². The van der Waals surface area contributed by atoms with E-state index >= 15 is 0 Å². The highest BCUT2D eigenvalue weighted by atomic mass is 32.2. The molecule has 0 spiro atoms. The van der Waals surface area contributed by atoms with E-state index in [0.717, 1.165) is 0 Å². The lowest BCUT2D eigenvalue weighted by Crippen LogP contribution is -2.27. The summed E-state index contributed by atoms with van der Waals surface area (Å²) in [4.78, 5) is 11.9. The van der Waals surface area contributed by atoms with Gasteiger partial charge in [-0.05, 0) is 17.9 Å². The van der Waals surface area contributed by atoms with E-state index in [0.29, 0.717) is 10.6 Å². The SMILES string of the molecule is Nc1ccsc1C(=O)NCCCS(N)(=O)=O. The summed E-state index contributed by atoms with van der Waals surface area (Å²) in [5.74, 6) is -0.436. The van der Waals surface area contributed by atoms with E-state index in [1.54, 1.807) is 11.4 Å². The molecule has 1 aromatic heterocycles. The van der Waals surface area contributed by atoms with Crippen molar-refractivity contribution < 1.29 is 13.2 Å². The number of amides is 1. The molecule has 0 aromatic carbocycles. The van der Waals surface area contributed by atoms with Gasteiger partial charge in [0.05, 0.1) is 11.4 Å². The van der Waals surface area contributed by atoms with Crippen LogP contribution in [0.4, 0.5) is 5.69 Å². The third kappa shape index (κ3) is 4.17. The Kier molecular flexibility index (Phi) is 4.27. The van der Waals surface area contributed by atoms with E-state index in [9.17, 15) is 13.2 Å². The molecule has 1 amide bonds. The average molecular weight is 263 g/mol. The van der Waals surface area contributed by atoms with E-state index < -0.39 is 10.0 Å². The number of carbonyl (C=O) groups is 1. The minimum Gasteiger partial charge on any atom is -0.397 e. The van der Waals surface area contributed by atoms with Crippen molar-refractivity contribution in [2.75, 3.05) is 18.0 Å². The van der Waals surface area contributed by atoms with Gasteiger partial charge in [0, 0.05) is 6.54 Å². The van der Waals surface area contributed by atoms with Crippen molar-refractivity contribution in [2.24, 2.45) is 5.14 Å². The van der Waals surface area contributed by atoms with Gasteiger partial charge < -0.3 is 11.1 Å². The molecule has 8 heteroatoms. The van der Waals surface area contributed by atoms with Crippen LogP contribution in [-0.4, -0.2) is 26.6 Å². The molecule has 0 bridgehead atoms. The first-order valence-electron chi connectivity index (χ1n) is 4.52. The van der Waals surface area contributed by atoms with Gasteiger partial charge in [-0.25, -0.2) is 13.6 Å². The summed E-state index contributed by atoms with van der Waals surface area (Å²) >= 11 is 1.24. The number of rotatable bonds is 5. The van der Waals surface area contributed by atoms with E-state index in [-0.39, 0.29) is 24.6 Å². The monoisotopic (exact) mass is 263 g/mol. The molecule has 5 N–H and O–H groups in total. The van der Waals surface area contributed by atoms with Crippen molar-refractivity contribution in [3.63, 3.8) is 0 Å². The van der Waals surface area contributed by atoms with Gasteiger partial charge in [-0.1, -0.05) is 0 Å². The summed E-state index contributed by atoms with van der Waals surface area (Å²) in [6, 6.07) is 1.64. The molecule has 0 aliphatic heterocycles. The molecule has 0 saturated carbocycles. The van der Waals surface area contributed by atoms with E-state index in [4.69, 9.17) is 10.9 Å². The number of hydrogen-bond acceptors (Lipinski definition) is 5. The number of primary sulfonamides is 1. The highest BCUT2D eigenvalue weighted by Gasteiger charge is 2.10. The van der Waals surface area contributed by atoms with Crippen LogP contribution in [0.3, 0.4) is 0 Å². The maximum absolute atomic E-state index is 11.5. The quantitative estimate of drug-likeness (QED) is 0.635. The van der Waals surface area contributed by atoms with Crippen molar-refractivity contribution in [1.29, 1.82) is 0 Å². The van der Waals surface area contributed by atoms with Crippen LogP contribution < -0.4 is 16.2 Å². The number of sulfonamides is 1. The summed E-state index contributed by atoms with van der Waals surface area (Å²) < 4.78 is 21.2. The number of nitrogens with two attached hydrogens (primary N) is 2. The number of nitrogens with one attached hydrogen (secondary N) is 1. The molecule has 0 atom stereocenters. The second kappa shape index (κ2) is 5.28. The molecular weight excluding hydrogens is 250 g/mol. The van der Waals surface area contributed by atoms with Crippen LogP contribution in [-0.2, 0) is 10.0 Å². The number of carbonyl (C=O) groups excluding carboxylic acids is 1. The first kappa shape index (κ1) is 12.9. The Morgan fingerprint density at radius 2 is 2.19 bits per heavy atom. The van der Waals surface area contributed by atoms with Gasteiger partial charge in [-0.2, -0.15) is 0 Å². The van der Waals surface area contributed by atoms with Crippen molar-refractivity contribution in [2.45, 2.75) is 6.42 Å². The van der Waals surface area contributed by atoms with Crippen LogP contribution in [0.5, 0.6) is 0 Å². The summed E-state index contributed by atoms with van der Waals surface area (Å²) in [5.41, 5.74) is 5.97. The molecule has 0 saturated heterocycles. The molecule has 0 aliphatic carbocycles. The minimum absolute atomic E-state index is 0.146.